The summed E-state index contributed by atoms with van der Waals surface area (Å²) < 4.78 is 7.49. The van der Waals surface area contributed by atoms with Crippen molar-refractivity contribution in [2.45, 2.75) is 17.8 Å². The van der Waals surface area contributed by atoms with Crippen LogP contribution in [-0.2, 0) is 5.75 Å². The molecule has 0 bridgehead atoms. The van der Waals surface area contributed by atoms with Crippen LogP contribution < -0.4 is 0 Å². The van der Waals surface area contributed by atoms with E-state index in [-0.39, 0.29) is 5.91 Å². The molecule has 1 fully saturated rings. The van der Waals surface area contributed by atoms with Gasteiger partial charge in [-0.05, 0) is 36.9 Å². The van der Waals surface area contributed by atoms with E-state index in [0.717, 1.165) is 43.4 Å². The third-order valence-corrected chi connectivity index (χ3v) is 7.85. The van der Waals surface area contributed by atoms with Crippen LogP contribution in [0.15, 0.2) is 57.6 Å². The highest BCUT2D eigenvalue weighted by atomic mass is 35.5. The first-order valence-corrected chi connectivity index (χ1v) is 13.2. The number of amides is 1. The monoisotopic (exact) mass is 514 g/mol. The summed E-state index contributed by atoms with van der Waals surface area (Å²) in [6.45, 7) is 6.46. The van der Waals surface area contributed by atoms with Gasteiger partial charge in [-0.1, -0.05) is 36.4 Å². The largest absolute Gasteiger partial charge is 0.461 e. The van der Waals surface area contributed by atoms with E-state index in [1.54, 1.807) is 6.26 Å². The predicted molar refractivity (Wildman–Crippen MR) is 134 cm³/mol. The second-order valence-corrected chi connectivity index (χ2v) is 10.1. The normalized spacial score (nSPS) is 14.6. The molecule has 11 heteroatoms. The van der Waals surface area contributed by atoms with Crippen molar-refractivity contribution in [3.63, 3.8) is 0 Å². The minimum absolute atomic E-state index is 0.00505. The van der Waals surface area contributed by atoms with E-state index in [1.165, 1.54) is 23.1 Å². The summed E-state index contributed by atoms with van der Waals surface area (Å²) >= 11 is 9.24. The highest BCUT2D eigenvalue weighted by molar-refractivity contribution is 7.98. The predicted octanol–water partition coefficient (Wildman–Crippen LogP) is 4.71. The van der Waals surface area contributed by atoms with Gasteiger partial charge in [-0.2, -0.15) is 0 Å². The van der Waals surface area contributed by atoms with E-state index in [2.05, 4.69) is 27.0 Å². The summed E-state index contributed by atoms with van der Waals surface area (Å²) in [5, 5.41) is 12.8. The van der Waals surface area contributed by atoms with Crippen molar-refractivity contribution in [1.82, 2.24) is 29.5 Å². The number of hydrogen-bond acceptors (Lipinski definition) is 8. The number of carbonyl (C=O) groups is 1. The summed E-state index contributed by atoms with van der Waals surface area (Å²) in [5.74, 6) is 1.78. The van der Waals surface area contributed by atoms with Gasteiger partial charge in [0, 0.05) is 36.6 Å². The summed E-state index contributed by atoms with van der Waals surface area (Å²) in [4.78, 5) is 21.7. The van der Waals surface area contributed by atoms with Crippen molar-refractivity contribution >= 4 is 40.6 Å². The first-order chi connectivity index (χ1) is 16.6. The first kappa shape index (κ1) is 23.1. The molecular weight excluding hydrogens is 492 g/mol. The van der Waals surface area contributed by atoms with Gasteiger partial charge in [0.05, 0.1) is 17.7 Å². The second-order valence-electron chi connectivity index (χ2n) is 7.74. The van der Waals surface area contributed by atoms with Gasteiger partial charge in [-0.15, -0.1) is 21.5 Å². The van der Waals surface area contributed by atoms with Crippen LogP contribution in [0.25, 0.3) is 17.3 Å². The molecule has 0 spiro atoms. The number of hydrogen-bond donors (Lipinski definition) is 0. The number of furan rings is 1. The van der Waals surface area contributed by atoms with Crippen LogP contribution in [0.2, 0.25) is 5.02 Å². The maximum absolute atomic E-state index is 12.9. The summed E-state index contributed by atoms with van der Waals surface area (Å²) in [6, 6.07) is 11.2. The minimum Gasteiger partial charge on any atom is -0.461 e. The van der Waals surface area contributed by atoms with E-state index >= 15 is 0 Å². The Balaban J connectivity index is 1.32. The van der Waals surface area contributed by atoms with Gasteiger partial charge < -0.3 is 14.2 Å². The molecule has 1 aromatic carbocycles. The molecule has 5 rings (SSSR count). The van der Waals surface area contributed by atoms with Crippen LogP contribution >= 0.6 is 34.7 Å². The van der Waals surface area contributed by atoms with Gasteiger partial charge >= 0.3 is 0 Å². The Morgan fingerprint density at radius 3 is 2.76 bits per heavy atom. The molecular formula is C23H23ClN6O2S2. The zero-order chi connectivity index (χ0) is 23.5. The molecule has 4 aromatic rings. The fourth-order valence-electron chi connectivity index (χ4n) is 3.81. The number of aromatic nitrogens is 4. The van der Waals surface area contributed by atoms with Crippen LogP contribution in [0, 0.1) is 0 Å². The summed E-state index contributed by atoms with van der Waals surface area (Å²) in [5.41, 5.74) is 1.35. The molecule has 34 heavy (non-hydrogen) atoms. The zero-order valence-corrected chi connectivity index (χ0v) is 20.9. The molecule has 1 saturated heterocycles. The van der Waals surface area contributed by atoms with Gasteiger partial charge in [0.2, 0.25) is 5.82 Å². The van der Waals surface area contributed by atoms with Crippen molar-refractivity contribution in [2.75, 3.05) is 32.7 Å². The number of halogens is 1. The standard InChI is InChI=1S/C23H23ClN6O2S2/c1-2-28-8-10-29(11-9-28)22(31)18-14-33-20(25-18)15-34-23-27-26-21(19-7-4-12-32-19)30(23)17-6-3-5-16(24)13-17/h3-7,12-14H,2,8-11,15H2,1H3. The topological polar surface area (TPSA) is 80.3 Å². The molecule has 0 N–H and O–H groups in total. The minimum atomic E-state index is 0.00505. The fourth-order valence-corrected chi connectivity index (χ4v) is 5.73. The fraction of sp³-hybridized carbons (Fsp3) is 0.304. The zero-order valence-electron chi connectivity index (χ0n) is 18.6. The van der Waals surface area contributed by atoms with Crippen LogP contribution in [-0.4, -0.2) is 68.2 Å². The average Bonchev–Trinajstić information content (AvgIpc) is 3.63. The Morgan fingerprint density at radius 1 is 1.18 bits per heavy atom. The van der Waals surface area contributed by atoms with Crippen molar-refractivity contribution < 1.29 is 9.21 Å². The third kappa shape index (κ3) is 4.90. The Hall–Kier alpha value is -2.66. The lowest BCUT2D eigenvalue weighted by Crippen LogP contribution is -2.48. The lowest BCUT2D eigenvalue weighted by molar-refractivity contribution is 0.0638. The van der Waals surface area contributed by atoms with Gasteiger partial charge in [-0.3, -0.25) is 9.36 Å². The van der Waals surface area contributed by atoms with Gasteiger partial charge in [-0.25, -0.2) is 4.98 Å². The number of thioether (sulfide) groups is 1. The van der Waals surface area contributed by atoms with E-state index in [9.17, 15) is 4.79 Å². The maximum atomic E-state index is 12.9. The smallest absolute Gasteiger partial charge is 0.273 e. The number of rotatable bonds is 7. The maximum Gasteiger partial charge on any atom is 0.273 e. The number of thiazole rings is 1. The molecule has 1 amide bonds. The molecule has 1 aliphatic rings. The van der Waals surface area contributed by atoms with Gasteiger partial charge in [0.15, 0.2) is 10.9 Å². The Bertz CT molecular complexity index is 1260. The summed E-state index contributed by atoms with van der Waals surface area (Å²) in [7, 11) is 0. The number of piperazine rings is 1. The van der Waals surface area contributed by atoms with Crippen molar-refractivity contribution in [3.05, 3.63) is 63.8 Å². The lowest BCUT2D eigenvalue weighted by Gasteiger charge is -2.33. The number of benzene rings is 1. The van der Waals surface area contributed by atoms with E-state index in [0.29, 0.717) is 33.2 Å². The molecule has 0 atom stereocenters. The van der Waals surface area contributed by atoms with E-state index in [1.807, 2.05) is 51.2 Å². The molecule has 0 aliphatic carbocycles. The summed E-state index contributed by atoms with van der Waals surface area (Å²) in [6.07, 6.45) is 1.61. The SMILES string of the molecule is CCN1CCN(C(=O)c2csc(CSc3nnc(-c4ccco4)n3-c3cccc(Cl)c3)n2)CC1. The second kappa shape index (κ2) is 10.3. The lowest BCUT2D eigenvalue weighted by atomic mass is 10.3. The molecule has 3 aromatic heterocycles. The van der Waals surface area contributed by atoms with Crippen LogP contribution in [0.1, 0.15) is 22.4 Å². The number of likely N-dealkylation sites (N-methyl/N-ethyl adjacent to an activating group) is 1. The van der Waals surface area contributed by atoms with Crippen molar-refractivity contribution in [3.8, 4) is 17.3 Å². The molecule has 176 valence electrons. The average molecular weight is 515 g/mol. The van der Waals surface area contributed by atoms with Gasteiger partial charge in [0.1, 0.15) is 10.7 Å². The number of carbonyl (C=O) groups excluding carboxylic acids is 1. The Labute approximate surface area is 210 Å². The van der Waals surface area contributed by atoms with E-state index in [4.69, 9.17) is 16.0 Å². The molecule has 8 nitrogen and oxygen atoms in total. The highest BCUT2D eigenvalue weighted by Crippen LogP contribution is 2.31. The number of nitrogens with zero attached hydrogens (tertiary/aromatic N) is 6. The highest BCUT2D eigenvalue weighted by Gasteiger charge is 2.24. The Kier molecular flexibility index (Phi) is 7.00. The molecule has 4 heterocycles. The van der Waals surface area contributed by atoms with Crippen LogP contribution in [0.3, 0.4) is 0 Å². The van der Waals surface area contributed by atoms with E-state index < -0.39 is 0 Å². The van der Waals surface area contributed by atoms with Gasteiger partial charge in [0.25, 0.3) is 5.91 Å². The molecule has 1 aliphatic heterocycles. The van der Waals surface area contributed by atoms with Crippen molar-refractivity contribution in [2.24, 2.45) is 0 Å². The molecule has 0 radical (unpaired) electrons. The van der Waals surface area contributed by atoms with Crippen molar-refractivity contribution in [1.29, 1.82) is 0 Å². The molecule has 0 saturated carbocycles. The van der Waals surface area contributed by atoms with Crippen LogP contribution in [0.5, 0.6) is 0 Å². The molecule has 0 unspecified atom stereocenters. The quantitative estimate of drug-likeness (QED) is 0.330. The first-order valence-electron chi connectivity index (χ1n) is 11.0. The third-order valence-electron chi connectivity index (χ3n) is 5.64. The Morgan fingerprint density at radius 2 is 2.03 bits per heavy atom. The van der Waals surface area contributed by atoms with Crippen LogP contribution in [0.4, 0.5) is 0 Å².